The summed E-state index contributed by atoms with van der Waals surface area (Å²) in [5.41, 5.74) is 0.882. The van der Waals surface area contributed by atoms with E-state index >= 15 is 0 Å². The van der Waals surface area contributed by atoms with Crippen molar-refractivity contribution < 1.29 is 13.2 Å². The van der Waals surface area contributed by atoms with Crippen molar-refractivity contribution in [3.63, 3.8) is 0 Å². The number of nitrogens with one attached hydrogen (secondary N) is 1. The van der Waals surface area contributed by atoms with Crippen molar-refractivity contribution in [2.45, 2.75) is 24.8 Å². The normalized spacial score (nSPS) is 12.6. The van der Waals surface area contributed by atoms with E-state index in [1.165, 1.54) is 18.2 Å². The molecule has 0 bridgehead atoms. The molecule has 1 atom stereocenters. The molecule has 5 nitrogen and oxygen atoms in total. The van der Waals surface area contributed by atoms with Crippen molar-refractivity contribution in [2.75, 3.05) is 0 Å². The first-order valence-electron chi connectivity index (χ1n) is 5.16. The van der Waals surface area contributed by atoms with Gasteiger partial charge in [-0.1, -0.05) is 5.92 Å². The monoisotopic (exact) mass is 266 g/mol. The van der Waals surface area contributed by atoms with Crippen LogP contribution in [0.3, 0.4) is 0 Å². The molecule has 0 saturated heterocycles. The Bertz CT molecular complexity index is 615. The van der Waals surface area contributed by atoms with E-state index < -0.39 is 16.1 Å². The predicted octanol–water partition coefficient (Wildman–Crippen LogP) is 0.394. The molecule has 1 aromatic carbocycles. The molecular formula is C12H14N2O3S. The van der Waals surface area contributed by atoms with E-state index in [2.05, 4.69) is 11.2 Å². The van der Waals surface area contributed by atoms with Gasteiger partial charge in [0.15, 0.2) is 0 Å². The van der Waals surface area contributed by atoms with E-state index in [0.717, 1.165) is 0 Å². The van der Waals surface area contributed by atoms with E-state index in [9.17, 15) is 13.2 Å². The third-order valence-electron chi connectivity index (χ3n) is 2.37. The molecule has 6 heteroatoms. The molecular weight excluding hydrogens is 252 g/mol. The minimum absolute atomic E-state index is 0.0263. The van der Waals surface area contributed by atoms with Gasteiger partial charge in [-0.05, 0) is 37.6 Å². The summed E-state index contributed by atoms with van der Waals surface area (Å²) in [7, 11) is -3.76. The third-order valence-corrected chi connectivity index (χ3v) is 3.28. The molecule has 0 aromatic heterocycles. The number of nitrogens with two attached hydrogens (primary N) is 1. The van der Waals surface area contributed by atoms with E-state index in [1.807, 2.05) is 0 Å². The number of terminal acetylenes is 1. The van der Waals surface area contributed by atoms with Crippen LogP contribution in [0.2, 0.25) is 0 Å². The minimum Gasteiger partial charge on any atom is -0.339 e. The Labute approximate surface area is 106 Å². The Balaban J connectivity index is 3.08. The van der Waals surface area contributed by atoms with Gasteiger partial charge in [0, 0.05) is 5.56 Å². The average molecular weight is 266 g/mol. The summed E-state index contributed by atoms with van der Waals surface area (Å²) in [6.45, 7) is 3.30. The van der Waals surface area contributed by atoms with E-state index in [-0.39, 0.29) is 10.8 Å². The summed E-state index contributed by atoms with van der Waals surface area (Å²) in [4.78, 5) is 11.8. The molecule has 0 heterocycles. The zero-order chi connectivity index (χ0) is 13.9. The standard InChI is InChI=1S/C12H14N2O3S/c1-4-9(3)14-12(15)11-6-5-10(7-8(11)2)18(13,16)17/h1,5-7,9H,2-3H3,(H,14,15)(H2,13,16,17). The number of aryl methyl sites for hydroxylation is 1. The quantitative estimate of drug-likeness (QED) is 0.776. The summed E-state index contributed by atoms with van der Waals surface area (Å²) in [6, 6.07) is 3.66. The molecule has 0 spiro atoms. The maximum absolute atomic E-state index is 11.8. The highest BCUT2D eigenvalue weighted by Crippen LogP contribution is 2.14. The Kier molecular flexibility index (Phi) is 4.11. The van der Waals surface area contributed by atoms with Gasteiger partial charge in [-0.2, -0.15) is 0 Å². The lowest BCUT2D eigenvalue weighted by atomic mass is 10.1. The van der Waals surface area contributed by atoms with Gasteiger partial charge in [0.25, 0.3) is 5.91 Å². The van der Waals surface area contributed by atoms with Gasteiger partial charge in [-0.15, -0.1) is 6.42 Å². The number of carbonyl (C=O) groups excluding carboxylic acids is 1. The van der Waals surface area contributed by atoms with E-state index in [4.69, 9.17) is 11.6 Å². The van der Waals surface area contributed by atoms with Crippen molar-refractivity contribution in [3.05, 3.63) is 29.3 Å². The van der Waals surface area contributed by atoms with E-state index in [0.29, 0.717) is 11.1 Å². The number of hydrogen-bond donors (Lipinski definition) is 2. The lowest BCUT2D eigenvalue weighted by Crippen LogP contribution is -2.31. The Morgan fingerprint density at radius 2 is 2.11 bits per heavy atom. The topological polar surface area (TPSA) is 89.3 Å². The summed E-state index contributed by atoms with van der Waals surface area (Å²) in [6.07, 6.45) is 5.16. The SMILES string of the molecule is C#CC(C)NC(=O)c1ccc(S(N)(=O)=O)cc1C. The number of primary sulfonamides is 1. The van der Waals surface area contributed by atoms with Crippen LogP contribution in [0.15, 0.2) is 23.1 Å². The van der Waals surface area contributed by atoms with Crippen molar-refractivity contribution in [2.24, 2.45) is 5.14 Å². The number of sulfonamides is 1. The molecule has 1 unspecified atom stereocenters. The molecule has 0 radical (unpaired) electrons. The van der Waals surface area contributed by atoms with Crippen molar-refractivity contribution in [3.8, 4) is 12.3 Å². The van der Waals surface area contributed by atoms with Gasteiger partial charge in [0.05, 0.1) is 10.9 Å². The number of carbonyl (C=O) groups is 1. The van der Waals surface area contributed by atoms with Crippen molar-refractivity contribution in [1.29, 1.82) is 0 Å². The molecule has 18 heavy (non-hydrogen) atoms. The second-order valence-corrected chi connectivity index (χ2v) is 5.44. The van der Waals surface area contributed by atoms with Crippen molar-refractivity contribution in [1.82, 2.24) is 5.32 Å². The summed E-state index contributed by atoms with van der Waals surface area (Å²) in [5.74, 6) is 2.02. The van der Waals surface area contributed by atoms with Crippen molar-refractivity contribution >= 4 is 15.9 Å². The van der Waals surface area contributed by atoms with Crippen LogP contribution >= 0.6 is 0 Å². The second kappa shape index (κ2) is 5.21. The first kappa shape index (κ1) is 14.2. The van der Waals surface area contributed by atoms with Crippen LogP contribution in [0.5, 0.6) is 0 Å². The van der Waals surface area contributed by atoms with Gasteiger partial charge in [-0.3, -0.25) is 4.79 Å². The zero-order valence-electron chi connectivity index (χ0n) is 10.1. The van der Waals surface area contributed by atoms with E-state index in [1.54, 1.807) is 13.8 Å². The summed E-state index contributed by atoms with van der Waals surface area (Å²) >= 11 is 0. The minimum atomic E-state index is -3.76. The first-order valence-corrected chi connectivity index (χ1v) is 6.71. The number of benzene rings is 1. The second-order valence-electron chi connectivity index (χ2n) is 3.88. The van der Waals surface area contributed by atoms with Gasteiger partial charge < -0.3 is 5.32 Å². The predicted molar refractivity (Wildman–Crippen MR) is 68.3 cm³/mol. The molecule has 1 aromatic rings. The molecule has 96 valence electrons. The van der Waals surface area contributed by atoms with Gasteiger partial charge in [0.2, 0.25) is 10.0 Å². The highest BCUT2D eigenvalue weighted by Gasteiger charge is 2.14. The van der Waals surface area contributed by atoms with Crippen LogP contribution < -0.4 is 10.5 Å². The fourth-order valence-electron chi connectivity index (χ4n) is 1.38. The average Bonchev–Trinajstić information content (AvgIpc) is 2.27. The smallest absolute Gasteiger partial charge is 0.252 e. The Morgan fingerprint density at radius 1 is 1.50 bits per heavy atom. The fourth-order valence-corrected chi connectivity index (χ4v) is 1.98. The Hall–Kier alpha value is -1.84. The van der Waals surface area contributed by atoms with Crippen LogP contribution in [-0.4, -0.2) is 20.4 Å². The number of hydrogen-bond acceptors (Lipinski definition) is 3. The highest BCUT2D eigenvalue weighted by molar-refractivity contribution is 7.89. The van der Waals surface area contributed by atoms with Crippen LogP contribution in [0.1, 0.15) is 22.8 Å². The molecule has 0 fully saturated rings. The summed E-state index contributed by atoms with van der Waals surface area (Å²) < 4.78 is 22.3. The zero-order valence-corrected chi connectivity index (χ0v) is 10.9. The first-order chi connectivity index (χ1) is 8.25. The third kappa shape index (κ3) is 3.32. The van der Waals surface area contributed by atoms with Gasteiger partial charge in [-0.25, -0.2) is 13.6 Å². The number of rotatable bonds is 3. The molecule has 0 aliphatic heterocycles. The van der Waals surface area contributed by atoms with Gasteiger partial charge in [0.1, 0.15) is 0 Å². The van der Waals surface area contributed by atoms with Crippen LogP contribution in [0.25, 0.3) is 0 Å². The van der Waals surface area contributed by atoms with Gasteiger partial charge >= 0.3 is 0 Å². The molecule has 1 rings (SSSR count). The van der Waals surface area contributed by atoms with Crippen LogP contribution in [0.4, 0.5) is 0 Å². The Morgan fingerprint density at radius 3 is 2.56 bits per heavy atom. The van der Waals surface area contributed by atoms with Crippen LogP contribution in [0, 0.1) is 19.3 Å². The molecule has 0 aliphatic carbocycles. The van der Waals surface area contributed by atoms with Crippen LogP contribution in [-0.2, 0) is 10.0 Å². The molecule has 1 amide bonds. The summed E-state index contributed by atoms with van der Waals surface area (Å²) in [5, 5.41) is 7.59. The lowest BCUT2D eigenvalue weighted by Gasteiger charge is -2.10. The fraction of sp³-hybridized carbons (Fsp3) is 0.250. The molecule has 0 saturated carbocycles. The lowest BCUT2D eigenvalue weighted by molar-refractivity contribution is 0.0947. The molecule has 0 aliphatic rings. The maximum Gasteiger partial charge on any atom is 0.252 e. The largest absolute Gasteiger partial charge is 0.339 e. The molecule has 3 N–H and O–H groups in total. The maximum atomic E-state index is 11.8. The number of amides is 1. The highest BCUT2D eigenvalue weighted by atomic mass is 32.2.